The second kappa shape index (κ2) is 4.76. The monoisotopic (exact) mass is 215 g/mol. The zero-order valence-electron chi connectivity index (χ0n) is 8.43. The largest absolute Gasteiger partial charge is 0.330 e. The van der Waals surface area contributed by atoms with Gasteiger partial charge < -0.3 is 5.73 Å². The Kier molecular flexibility index (Phi) is 3.90. The Balaban J connectivity index is 3.10. The molecule has 0 amide bonds. The summed E-state index contributed by atoms with van der Waals surface area (Å²) in [4.78, 5) is 0. The van der Waals surface area contributed by atoms with Crippen LogP contribution < -0.4 is 5.73 Å². The molecule has 14 heavy (non-hydrogen) atoms. The van der Waals surface area contributed by atoms with Gasteiger partial charge in [-0.15, -0.1) is 0 Å². The molecule has 78 valence electrons. The SMILES string of the molecule is CC(C)C(CN)c1cccc(Cl)c1F. The molecular weight excluding hydrogens is 201 g/mol. The van der Waals surface area contributed by atoms with Crippen LogP contribution in [0.5, 0.6) is 0 Å². The van der Waals surface area contributed by atoms with E-state index in [1.807, 2.05) is 13.8 Å². The van der Waals surface area contributed by atoms with Gasteiger partial charge in [0.05, 0.1) is 5.02 Å². The number of hydrogen-bond donors (Lipinski definition) is 1. The maximum Gasteiger partial charge on any atom is 0.145 e. The topological polar surface area (TPSA) is 26.0 Å². The summed E-state index contributed by atoms with van der Waals surface area (Å²) < 4.78 is 13.6. The van der Waals surface area contributed by atoms with Crippen molar-refractivity contribution in [2.45, 2.75) is 19.8 Å². The highest BCUT2D eigenvalue weighted by atomic mass is 35.5. The van der Waals surface area contributed by atoms with Crippen molar-refractivity contribution < 1.29 is 4.39 Å². The van der Waals surface area contributed by atoms with Gasteiger partial charge in [-0.05, 0) is 24.1 Å². The molecule has 3 heteroatoms. The van der Waals surface area contributed by atoms with E-state index in [4.69, 9.17) is 17.3 Å². The molecule has 0 aliphatic carbocycles. The van der Waals surface area contributed by atoms with Gasteiger partial charge in [0.2, 0.25) is 0 Å². The zero-order chi connectivity index (χ0) is 10.7. The van der Waals surface area contributed by atoms with Crippen LogP contribution in [0.1, 0.15) is 25.3 Å². The van der Waals surface area contributed by atoms with E-state index in [-0.39, 0.29) is 16.8 Å². The number of rotatable bonds is 3. The van der Waals surface area contributed by atoms with E-state index in [2.05, 4.69) is 0 Å². The molecule has 1 aromatic rings. The van der Waals surface area contributed by atoms with Crippen molar-refractivity contribution >= 4 is 11.6 Å². The third-order valence-electron chi connectivity index (χ3n) is 2.44. The smallest absolute Gasteiger partial charge is 0.145 e. The molecular formula is C11H15ClFN. The standard InChI is InChI=1S/C11H15ClFN/c1-7(2)9(6-14)8-4-3-5-10(12)11(8)13/h3-5,7,9H,6,14H2,1-2H3. The number of nitrogens with two attached hydrogens (primary N) is 1. The van der Waals surface area contributed by atoms with Crippen LogP contribution in [0, 0.1) is 11.7 Å². The normalized spacial score (nSPS) is 13.3. The molecule has 0 aromatic heterocycles. The van der Waals surface area contributed by atoms with Crippen LogP contribution in [0.4, 0.5) is 4.39 Å². The average Bonchev–Trinajstić information content (AvgIpc) is 2.13. The van der Waals surface area contributed by atoms with E-state index in [0.717, 1.165) is 0 Å². The summed E-state index contributed by atoms with van der Waals surface area (Å²) in [5.41, 5.74) is 6.24. The van der Waals surface area contributed by atoms with Gasteiger partial charge >= 0.3 is 0 Å². The fraction of sp³-hybridized carbons (Fsp3) is 0.455. The third kappa shape index (κ3) is 2.25. The Morgan fingerprint density at radius 1 is 1.43 bits per heavy atom. The summed E-state index contributed by atoms with van der Waals surface area (Å²) in [6, 6.07) is 5.05. The Bertz CT molecular complexity index is 312. The molecule has 1 rings (SSSR count). The predicted octanol–water partition coefficient (Wildman–Crippen LogP) is 3.18. The van der Waals surface area contributed by atoms with Crippen LogP contribution in [0.15, 0.2) is 18.2 Å². The van der Waals surface area contributed by atoms with Gasteiger partial charge in [0.1, 0.15) is 5.82 Å². The Hall–Kier alpha value is -0.600. The minimum atomic E-state index is -0.335. The molecule has 0 aliphatic rings. The highest BCUT2D eigenvalue weighted by molar-refractivity contribution is 6.30. The maximum atomic E-state index is 13.6. The van der Waals surface area contributed by atoms with Crippen molar-refractivity contribution in [2.75, 3.05) is 6.54 Å². The molecule has 0 spiro atoms. The van der Waals surface area contributed by atoms with Crippen molar-refractivity contribution in [3.8, 4) is 0 Å². The van der Waals surface area contributed by atoms with Crippen molar-refractivity contribution in [3.63, 3.8) is 0 Å². The fourth-order valence-corrected chi connectivity index (χ4v) is 1.75. The summed E-state index contributed by atoms with van der Waals surface area (Å²) in [6.45, 7) is 4.49. The Labute approximate surface area is 89.1 Å². The molecule has 0 heterocycles. The molecule has 2 N–H and O–H groups in total. The molecule has 0 fully saturated rings. The number of hydrogen-bond acceptors (Lipinski definition) is 1. The first-order valence-electron chi connectivity index (χ1n) is 4.72. The van der Waals surface area contributed by atoms with E-state index in [9.17, 15) is 4.39 Å². The summed E-state index contributed by atoms with van der Waals surface area (Å²) in [7, 11) is 0. The maximum absolute atomic E-state index is 13.6. The minimum absolute atomic E-state index is 0.0358. The Morgan fingerprint density at radius 3 is 2.57 bits per heavy atom. The second-order valence-electron chi connectivity index (χ2n) is 3.73. The van der Waals surface area contributed by atoms with Gasteiger partial charge in [-0.25, -0.2) is 4.39 Å². The van der Waals surface area contributed by atoms with E-state index >= 15 is 0 Å². The van der Waals surface area contributed by atoms with E-state index in [0.29, 0.717) is 18.0 Å². The van der Waals surface area contributed by atoms with Gasteiger partial charge in [-0.3, -0.25) is 0 Å². The number of benzene rings is 1. The molecule has 0 radical (unpaired) electrons. The van der Waals surface area contributed by atoms with Crippen molar-refractivity contribution in [1.29, 1.82) is 0 Å². The summed E-state index contributed by atoms with van der Waals surface area (Å²) >= 11 is 5.70. The first-order chi connectivity index (χ1) is 6.57. The van der Waals surface area contributed by atoms with Gasteiger partial charge in [0.15, 0.2) is 0 Å². The van der Waals surface area contributed by atoms with E-state index in [1.165, 1.54) is 0 Å². The third-order valence-corrected chi connectivity index (χ3v) is 2.73. The van der Waals surface area contributed by atoms with Crippen LogP contribution in [0.2, 0.25) is 5.02 Å². The molecule has 0 bridgehead atoms. The van der Waals surface area contributed by atoms with Crippen LogP contribution in [-0.2, 0) is 0 Å². The molecule has 0 aliphatic heterocycles. The van der Waals surface area contributed by atoms with Crippen molar-refractivity contribution in [1.82, 2.24) is 0 Å². The van der Waals surface area contributed by atoms with Crippen LogP contribution in [-0.4, -0.2) is 6.54 Å². The minimum Gasteiger partial charge on any atom is -0.330 e. The lowest BCUT2D eigenvalue weighted by atomic mass is 9.88. The van der Waals surface area contributed by atoms with Gasteiger partial charge in [0, 0.05) is 5.92 Å². The lowest BCUT2D eigenvalue weighted by Gasteiger charge is -2.20. The van der Waals surface area contributed by atoms with Crippen LogP contribution in [0.3, 0.4) is 0 Å². The number of halogens is 2. The summed E-state index contributed by atoms with van der Waals surface area (Å²) in [5.74, 6) is 0.0139. The molecule has 0 saturated heterocycles. The zero-order valence-corrected chi connectivity index (χ0v) is 9.18. The summed E-state index contributed by atoms with van der Waals surface area (Å²) in [6.07, 6.45) is 0. The molecule has 1 nitrogen and oxygen atoms in total. The molecule has 1 aromatic carbocycles. The van der Waals surface area contributed by atoms with Crippen LogP contribution >= 0.6 is 11.6 Å². The van der Waals surface area contributed by atoms with E-state index in [1.54, 1.807) is 18.2 Å². The van der Waals surface area contributed by atoms with Crippen LogP contribution in [0.25, 0.3) is 0 Å². The van der Waals surface area contributed by atoms with Gasteiger partial charge in [-0.1, -0.05) is 37.6 Å². The molecule has 0 saturated carbocycles. The first kappa shape index (κ1) is 11.5. The molecule has 1 unspecified atom stereocenters. The average molecular weight is 216 g/mol. The second-order valence-corrected chi connectivity index (χ2v) is 4.14. The van der Waals surface area contributed by atoms with E-state index < -0.39 is 0 Å². The van der Waals surface area contributed by atoms with Crippen molar-refractivity contribution in [2.24, 2.45) is 11.7 Å². The van der Waals surface area contributed by atoms with Crippen molar-refractivity contribution in [3.05, 3.63) is 34.6 Å². The molecule has 1 atom stereocenters. The fourth-order valence-electron chi connectivity index (χ4n) is 1.57. The summed E-state index contributed by atoms with van der Waals surface area (Å²) in [5, 5.41) is 0.168. The first-order valence-corrected chi connectivity index (χ1v) is 5.09. The quantitative estimate of drug-likeness (QED) is 0.824. The highest BCUT2D eigenvalue weighted by Gasteiger charge is 2.18. The lowest BCUT2D eigenvalue weighted by molar-refractivity contribution is 0.479. The lowest BCUT2D eigenvalue weighted by Crippen LogP contribution is -2.19. The van der Waals surface area contributed by atoms with Gasteiger partial charge in [-0.2, -0.15) is 0 Å². The Morgan fingerprint density at radius 2 is 2.07 bits per heavy atom. The van der Waals surface area contributed by atoms with Gasteiger partial charge in [0.25, 0.3) is 0 Å². The predicted molar refractivity (Wildman–Crippen MR) is 58.0 cm³/mol. The highest BCUT2D eigenvalue weighted by Crippen LogP contribution is 2.28.